The van der Waals surface area contributed by atoms with Gasteiger partial charge < -0.3 is 11.1 Å². The summed E-state index contributed by atoms with van der Waals surface area (Å²) in [6.45, 7) is 0.751. The van der Waals surface area contributed by atoms with Gasteiger partial charge in [0.2, 0.25) is 0 Å². The predicted octanol–water partition coefficient (Wildman–Crippen LogP) is 2.16. The van der Waals surface area contributed by atoms with Gasteiger partial charge in [-0.2, -0.15) is 0 Å². The second kappa shape index (κ2) is 4.01. The van der Waals surface area contributed by atoms with Gasteiger partial charge in [-0.15, -0.1) is 0 Å². The Balaban J connectivity index is 1.80. The van der Waals surface area contributed by atoms with Gasteiger partial charge in [0.15, 0.2) is 0 Å². The van der Waals surface area contributed by atoms with Gasteiger partial charge in [0.05, 0.1) is 0 Å². The summed E-state index contributed by atoms with van der Waals surface area (Å²) in [5.74, 6) is 0. The normalized spacial score (nSPS) is 33.4. The van der Waals surface area contributed by atoms with E-state index < -0.39 is 0 Å². The molecule has 0 aromatic rings. The molecule has 2 atom stereocenters. The molecule has 2 rings (SSSR count). The molecule has 14 heavy (non-hydrogen) atoms. The van der Waals surface area contributed by atoms with Crippen LogP contribution in [0.15, 0.2) is 10.6 Å². The Kier molecular flexibility index (Phi) is 3.08. The molecular weight excluding hydrogens is 219 g/mol. The molecule has 2 fully saturated rings. The maximum Gasteiger partial charge on any atom is 0.104 e. The fourth-order valence-electron chi connectivity index (χ4n) is 2.69. The first-order valence-electron chi connectivity index (χ1n) is 5.15. The second-order valence-electron chi connectivity index (χ2n) is 4.38. The Morgan fingerprint density at radius 1 is 1.50 bits per heavy atom. The van der Waals surface area contributed by atoms with E-state index in [4.69, 9.17) is 28.9 Å². The van der Waals surface area contributed by atoms with Gasteiger partial charge in [0, 0.05) is 24.0 Å². The smallest absolute Gasteiger partial charge is 0.104 e. The van der Waals surface area contributed by atoms with Crippen molar-refractivity contribution in [2.24, 2.45) is 11.1 Å². The second-order valence-corrected chi connectivity index (χ2v) is 5.39. The maximum atomic E-state index is 6.03. The largest absolute Gasteiger partial charge is 0.327 e. The van der Waals surface area contributed by atoms with Crippen LogP contribution in [0, 0.1) is 5.41 Å². The fourth-order valence-corrected chi connectivity index (χ4v) is 2.84. The number of rotatable bonds is 3. The highest BCUT2D eigenvalue weighted by Gasteiger charge is 2.56. The number of nitrogens with one attached hydrogen (secondary N) is 1. The molecule has 4 heteroatoms. The number of hydrogen-bond donors (Lipinski definition) is 2. The van der Waals surface area contributed by atoms with Gasteiger partial charge in [0.1, 0.15) is 4.49 Å². The summed E-state index contributed by atoms with van der Waals surface area (Å²) in [4.78, 5) is 0. The van der Waals surface area contributed by atoms with E-state index in [9.17, 15) is 0 Å². The quantitative estimate of drug-likeness (QED) is 0.786. The van der Waals surface area contributed by atoms with Crippen LogP contribution in [-0.2, 0) is 0 Å². The van der Waals surface area contributed by atoms with Gasteiger partial charge >= 0.3 is 0 Å². The monoisotopic (exact) mass is 234 g/mol. The summed E-state index contributed by atoms with van der Waals surface area (Å²) in [5.41, 5.74) is 6.44. The van der Waals surface area contributed by atoms with Gasteiger partial charge in [0.25, 0.3) is 0 Å². The molecule has 0 aromatic carbocycles. The minimum absolute atomic E-state index is 0.337. The molecule has 80 valence electrons. The zero-order valence-corrected chi connectivity index (χ0v) is 9.61. The number of hydrogen-bond acceptors (Lipinski definition) is 2. The summed E-state index contributed by atoms with van der Waals surface area (Å²) >= 11 is 11.1. The zero-order chi connectivity index (χ0) is 10.2. The topological polar surface area (TPSA) is 38.0 Å². The molecular formula is C10H16Cl2N2. The van der Waals surface area contributed by atoms with E-state index in [0.717, 1.165) is 13.0 Å². The van der Waals surface area contributed by atoms with Crippen molar-refractivity contribution in [2.75, 3.05) is 6.54 Å². The lowest BCUT2D eigenvalue weighted by atomic mass is 9.50. The summed E-state index contributed by atoms with van der Waals surface area (Å²) < 4.78 is 0.337. The molecule has 2 aliphatic rings. The van der Waals surface area contributed by atoms with E-state index in [1.807, 2.05) is 0 Å². The van der Waals surface area contributed by atoms with Crippen LogP contribution in [0.5, 0.6) is 0 Å². The molecule has 2 aliphatic carbocycles. The van der Waals surface area contributed by atoms with Crippen LogP contribution in [0.4, 0.5) is 0 Å². The Bertz CT molecular complexity index is 245. The van der Waals surface area contributed by atoms with Gasteiger partial charge in [-0.1, -0.05) is 29.6 Å². The molecule has 0 aromatic heterocycles. The van der Waals surface area contributed by atoms with E-state index in [0.29, 0.717) is 22.0 Å². The van der Waals surface area contributed by atoms with Crippen molar-refractivity contribution >= 4 is 23.2 Å². The highest BCUT2D eigenvalue weighted by molar-refractivity contribution is 6.55. The highest BCUT2D eigenvalue weighted by atomic mass is 35.5. The summed E-state index contributed by atoms with van der Waals surface area (Å²) in [6, 6.07) is 0.986. The molecule has 0 radical (unpaired) electrons. The Hall–Kier alpha value is 0.240. The van der Waals surface area contributed by atoms with Crippen LogP contribution in [0.3, 0.4) is 0 Å². The lowest BCUT2D eigenvalue weighted by Crippen LogP contribution is -2.69. The van der Waals surface area contributed by atoms with Gasteiger partial charge in [-0.25, -0.2) is 0 Å². The average molecular weight is 235 g/mol. The van der Waals surface area contributed by atoms with Gasteiger partial charge in [-0.05, 0) is 25.3 Å². The van der Waals surface area contributed by atoms with Crippen LogP contribution in [0.2, 0.25) is 0 Å². The molecule has 2 nitrogen and oxygen atoms in total. The van der Waals surface area contributed by atoms with Crippen molar-refractivity contribution in [2.45, 2.75) is 37.8 Å². The molecule has 2 saturated carbocycles. The maximum absolute atomic E-state index is 6.03. The summed E-state index contributed by atoms with van der Waals surface area (Å²) in [7, 11) is 0. The zero-order valence-electron chi connectivity index (χ0n) is 8.10. The predicted molar refractivity (Wildman–Crippen MR) is 60.5 cm³/mol. The van der Waals surface area contributed by atoms with Crippen molar-refractivity contribution < 1.29 is 0 Å². The van der Waals surface area contributed by atoms with Crippen LogP contribution in [0.25, 0.3) is 0 Å². The standard InChI is InChI=1S/C10H16Cl2N2/c11-9(12)2-5-14-8-6-7(13)10(8)3-1-4-10/h2,7-8,14H,1,3-6,13H2. The molecule has 3 N–H and O–H groups in total. The molecule has 1 spiro atoms. The van der Waals surface area contributed by atoms with Crippen molar-refractivity contribution in [3.63, 3.8) is 0 Å². The Morgan fingerprint density at radius 2 is 2.21 bits per heavy atom. The molecule has 0 bridgehead atoms. The van der Waals surface area contributed by atoms with Crippen molar-refractivity contribution in [3.8, 4) is 0 Å². The van der Waals surface area contributed by atoms with Gasteiger partial charge in [-0.3, -0.25) is 0 Å². The summed E-state index contributed by atoms with van der Waals surface area (Å²) in [5, 5.41) is 3.45. The van der Waals surface area contributed by atoms with Crippen molar-refractivity contribution in [1.82, 2.24) is 5.32 Å². The molecule has 0 amide bonds. The third-order valence-corrected chi connectivity index (χ3v) is 4.14. The van der Waals surface area contributed by atoms with E-state index >= 15 is 0 Å². The van der Waals surface area contributed by atoms with Crippen molar-refractivity contribution in [3.05, 3.63) is 10.6 Å². The lowest BCUT2D eigenvalue weighted by molar-refractivity contribution is -0.0408. The third-order valence-electron chi connectivity index (χ3n) is 3.83. The van der Waals surface area contributed by atoms with E-state index in [1.165, 1.54) is 19.3 Å². The third kappa shape index (κ3) is 1.69. The fraction of sp³-hybridized carbons (Fsp3) is 0.800. The number of nitrogens with two attached hydrogens (primary N) is 1. The Morgan fingerprint density at radius 3 is 2.64 bits per heavy atom. The minimum Gasteiger partial charge on any atom is -0.327 e. The van der Waals surface area contributed by atoms with E-state index in [-0.39, 0.29) is 0 Å². The minimum atomic E-state index is 0.337. The molecule has 0 aliphatic heterocycles. The molecule has 2 unspecified atom stereocenters. The van der Waals surface area contributed by atoms with E-state index in [2.05, 4.69) is 5.32 Å². The van der Waals surface area contributed by atoms with E-state index in [1.54, 1.807) is 6.08 Å². The first-order valence-corrected chi connectivity index (χ1v) is 5.91. The highest BCUT2D eigenvalue weighted by Crippen LogP contribution is 2.54. The SMILES string of the molecule is NC1CC(NCC=C(Cl)Cl)C12CCC2. The molecule has 0 saturated heterocycles. The first-order chi connectivity index (χ1) is 6.65. The Labute approximate surface area is 94.8 Å². The first kappa shape index (κ1) is 10.7. The van der Waals surface area contributed by atoms with Crippen LogP contribution in [-0.4, -0.2) is 18.6 Å². The van der Waals surface area contributed by atoms with Crippen molar-refractivity contribution in [1.29, 1.82) is 0 Å². The van der Waals surface area contributed by atoms with Crippen LogP contribution >= 0.6 is 23.2 Å². The van der Waals surface area contributed by atoms with Crippen LogP contribution in [0.1, 0.15) is 25.7 Å². The lowest BCUT2D eigenvalue weighted by Gasteiger charge is -2.60. The summed E-state index contributed by atoms with van der Waals surface area (Å²) in [6.07, 6.45) is 6.78. The van der Waals surface area contributed by atoms with Crippen LogP contribution < -0.4 is 11.1 Å². The average Bonchev–Trinajstić information content (AvgIpc) is 1.98. The molecule has 0 heterocycles. The number of halogens is 2.